The molecule has 106 valence electrons. The van der Waals surface area contributed by atoms with Crippen LogP contribution in [0.25, 0.3) is 0 Å². The predicted octanol–water partition coefficient (Wildman–Crippen LogP) is 4.17. The van der Waals surface area contributed by atoms with E-state index in [0.29, 0.717) is 11.6 Å². The molecule has 0 spiro atoms. The summed E-state index contributed by atoms with van der Waals surface area (Å²) in [5.41, 5.74) is 7.86. The lowest BCUT2D eigenvalue weighted by molar-refractivity contribution is 0.547. The summed E-state index contributed by atoms with van der Waals surface area (Å²) in [6, 6.07) is 7.80. The van der Waals surface area contributed by atoms with Crippen LogP contribution in [0.1, 0.15) is 32.2 Å². The van der Waals surface area contributed by atoms with Crippen LogP contribution in [-0.4, -0.2) is 9.97 Å². The van der Waals surface area contributed by atoms with Gasteiger partial charge in [0.25, 0.3) is 0 Å². The van der Waals surface area contributed by atoms with Gasteiger partial charge in [0.2, 0.25) is 0 Å². The fourth-order valence-corrected chi connectivity index (χ4v) is 1.98. The van der Waals surface area contributed by atoms with Gasteiger partial charge in [-0.25, -0.2) is 9.97 Å². The third-order valence-corrected chi connectivity index (χ3v) is 3.74. The highest BCUT2D eigenvalue weighted by Gasteiger charge is 2.18. The average Bonchev–Trinajstić information content (AvgIpc) is 2.32. The van der Waals surface area contributed by atoms with Crippen molar-refractivity contribution in [2.24, 2.45) is 0 Å². The molecule has 5 heteroatoms. The van der Waals surface area contributed by atoms with Crippen molar-refractivity contribution in [3.63, 3.8) is 0 Å². The zero-order valence-electron chi connectivity index (χ0n) is 12.2. The van der Waals surface area contributed by atoms with Gasteiger partial charge in [-0.15, -0.1) is 0 Å². The normalized spacial score (nSPS) is 11.4. The molecule has 0 bridgehead atoms. The minimum atomic E-state index is -0.137. The Morgan fingerprint density at radius 3 is 2.45 bits per heavy atom. The molecule has 3 N–H and O–H groups in total. The second kappa shape index (κ2) is 5.40. The van der Waals surface area contributed by atoms with E-state index in [4.69, 9.17) is 5.73 Å². The molecule has 0 aliphatic carbocycles. The van der Waals surface area contributed by atoms with Gasteiger partial charge in [-0.3, -0.25) is 0 Å². The lowest BCUT2D eigenvalue weighted by Gasteiger charge is -2.18. The molecule has 2 aromatic rings. The molecule has 0 saturated heterocycles. The number of hydrogen-bond acceptors (Lipinski definition) is 4. The molecule has 2 rings (SSSR count). The summed E-state index contributed by atoms with van der Waals surface area (Å²) in [6.45, 7) is 8.24. The molecule has 20 heavy (non-hydrogen) atoms. The van der Waals surface area contributed by atoms with Crippen molar-refractivity contribution in [3.8, 4) is 0 Å². The van der Waals surface area contributed by atoms with Crippen LogP contribution in [0, 0.1) is 6.92 Å². The summed E-state index contributed by atoms with van der Waals surface area (Å²) in [5, 5.41) is 3.27. The molecule has 0 unspecified atom stereocenters. The number of nitrogen functional groups attached to an aromatic ring is 1. The SMILES string of the molecule is Cc1cc(Nc2cc(N)nc(C(C)(C)C)n2)ccc1Br. The van der Waals surface area contributed by atoms with Crippen LogP contribution in [0.15, 0.2) is 28.7 Å². The first kappa shape index (κ1) is 14.8. The number of nitrogens with zero attached hydrogens (tertiary/aromatic N) is 2. The van der Waals surface area contributed by atoms with Gasteiger partial charge in [-0.1, -0.05) is 36.7 Å². The van der Waals surface area contributed by atoms with Crippen molar-refractivity contribution < 1.29 is 0 Å². The number of benzene rings is 1. The van der Waals surface area contributed by atoms with Crippen LogP contribution in [0.2, 0.25) is 0 Å². The van der Waals surface area contributed by atoms with Crippen LogP contribution in [0.5, 0.6) is 0 Å². The third kappa shape index (κ3) is 3.48. The van der Waals surface area contributed by atoms with Gasteiger partial charge in [0.15, 0.2) is 0 Å². The molecule has 0 aliphatic heterocycles. The van der Waals surface area contributed by atoms with E-state index in [0.717, 1.165) is 21.5 Å². The number of anilines is 3. The Morgan fingerprint density at radius 2 is 1.85 bits per heavy atom. The minimum absolute atomic E-state index is 0.137. The van der Waals surface area contributed by atoms with E-state index in [2.05, 4.69) is 58.1 Å². The van der Waals surface area contributed by atoms with E-state index in [-0.39, 0.29) is 5.41 Å². The first-order valence-corrected chi connectivity index (χ1v) is 7.23. The van der Waals surface area contributed by atoms with E-state index in [1.165, 1.54) is 0 Å². The number of halogens is 1. The molecule has 0 amide bonds. The maximum atomic E-state index is 5.87. The number of hydrogen-bond donors (Lipinski definition) is 2. The fourth-order valence-electron chi connectivity index (χ4n) is 1.74. The maximum absolute atomic E-state index is 5.87. The molecular weight excluding hydrogens is 316 g/mol. The van der Waals surface area contributed by atoms with Gasteiger partial charge in [-0.2, -0.15) is 0 Å². The highest BCUT2D eigenvalue weighted by molar-refractivity contribution is 9.10. The summed E-state index contributed by atoms with van der Waals surface area (Å²) in [6.07, 6.45) is 0. The molecule has 4 nitrogen and oxygen atoms in total. The van der Waals surface area contributed by atoms with Crippen LogP contribution < -0.4 is 11.1 Å². The minimum Gasteiger partial charge on any atom is -0.384 e. The predicted molar refractivity (Wildman–Crippen MR) is 87.3 cm³/mol. The fraction of sp³-hybridized carbons (Fsp3) is 0.333. The Balaban J connectivity index is 2.33. The van der Waals surface area contributed by atoms with Crippen molar-refractivity contribution in [2.75, 3.05) is 11.1 Å². The number of nitrogens with one attached hydrogen (secondary N) is 1. The number of nitrogens with two attached hydrogens (primary N) is 1. The Bertz CT molecular complexity index is 632. The average molecular weight is 335 g/mol. The van der Waals surface area contributed by atoms with Gasteiger partial charge in [0.1, 0.15) is 17.5 Å². The Labute approximate surface area is 128 Å². The molecule has 1 aromatic heterocycles. The molecular formula is C15H19BrN4. The smallest absolute Gasteiger partial charge is 0.138 e. The summed E-state index contributed by atoms with van der Waals surface area (Å²) in [5.74, 6) is 1.92. The van der Waals surface area contributed by atoms with Crippen LogP contribution in [-0.2, 0) is 5.41 Å². The lowest BCUT2D eigenvalue weighted by Crippen LogP contribution is -2.17. The molecule has 0 fully saturated rings. The van der Waals surface area contributed by atoms with E-state index in [9.17, 15) is 0 Å². The standard InChI is InChI=1S/C15H19BrN4/c1-9-7-10(5-6-11(9)16)18-13-8-12(17)19-14(20-13)15(2,3)4/h5-8H,1-4H3,(H3,17,18,19,20). The van der Waals surface area contributed by atoms with E-state index in [1.54, 1.807) is 6.07 Å². The second-order valence-electron chi connectivity index (χ2n) is 5.84. The van der Waals surface area contributed by atoms with Crippen molar-refractivity contribution in [2.45, 2.75) is 33.1 Å². The molecule has 1 aromatic carbocycles. The van der Waals surface area contributed by atoms with Gasteiger partial charge in [0, 0.05) is 21.6 Å². The van der Waals surface area contributed by atoms with Gasteiger partial charge in [0.05, 0.1) is 0 Å². The van der Waals surface area contributed by atoms with Gasteiger partial charge >= 0.3 is 0 Å². The summed E-state index contributed by atoms with van der Waals surface area (Å²) >= 11 is 3.49. The largest absolute Gasteiger partial charge is 0.384 e. The first-order valence-electron chi connectivity index (χ1n) is 6.44. The Morgan fingerprint density at radius 1 is 1.15 bits per heavy atom. The molecule has 1 heterocycles. The summed E-state index contributed by atoms with van der Waals surface area (Å²) < 4.78 is 1.08. The van der Waals surface area contributed by atoms with E-state index >= 15 is 0 Å². The zero-order chi connectivity index (χ0) is 14.9. The molecule has 0 aliphatic rings. The Kier molecular flexibility index (Phi) is 3.99. The monoisotopic (exact) mass is 334 g/mol. The topological polar surface area (TPSA) is 63.8 Å². The lowest BCUT2D eigenvalue weighted by atomic mass is 9.96. The van der Waals surface area contributed by atoms with Crippen LogP contribution in [0.4, 0.5) is 17.3 Å². The van der Waals surface area contributed by atoms with Crippen LogP contribution in [0.3, 0.4) is 0 Å². The second-order valence-corrected chi connectivity index (χ2v) is 6.69. The quantitative estimate of drug-likeness (QED) is 0.864. The molecule has 0 saturated carbocycles. The van der Waals surface area contributed by atoms with Crippen LogP contribution >= 0.6 is 15.9 Å². The summed E-state index contributed by atoms with van der Waals surface area (Å²) in [4.78, 5) is 8.84. The van der Waals surface area contributed by atoms with Crippen molar-refractivity contribution in [3.05, 3.63) is 40.1 Å². The van der Waals surface area contributed by atoms with E-state index < -0.39 is 0 Å². The zero-order valence-corrected chi connectivity index (χ0v) is 13.7. The Hall–Kier alpha value is -1.62. The molecule has 0 atom stereocenters. The van der Waals surface area contributed by atoms with Gasteiger partial charge < -0.3 is 11.1 Å². The highest BCUT2D eigenvalue weighted by Crippen LogP contribution is 2.25. The maximum Gasteiger partial charge on any atom is 0.138 e. The first-order chi connectivity index (χ1) is 9.25. The number of rotatable bonds is 2. The number of aryl methyl sites for hydroxylation is 1. The van der Waals surface area contributed by atoms with E-state index in [1.807, 2.05) is 19.1 Å². The molecule has 0 radical (unpaired) electrons. The van der Waals surface area contributed by atoms with Gasteiger partial charge in [-0.05, 0) is 30.7 Å². The highest BCUT2D eigenvalue weighted by atomic mass is 79.9. The summed E-state index contributed by atoms with van der Waals surface area (Å²) in [7, 11) is 0. The van der Waals surface area contributed by atoms with Crippen molar-refractivity contribution in [1.29, 1.82) is 0 Å². The number of aromatic nitrogens is 2. The van der Waals surface area contributed by atoms with Crippen molar-refractivity contribution in [1.82, 2.24) is 9.97 Å². The van der Waals surface area contributed by atoms with Crippen molar-refractivity contribution >= 4 is 33.3 Å². The third-order valence-electron chi connectivity index (χ3n) is 2.85.